The molecule has 0 spiro atoms. The number of aliphatic hydroxyl groups is 1. The second kappa shape index (κ2) is 11.8. The summed E-state index contributed by atoms with van der Waals surface area (Å²) in [5.74, 6) is -0.396. The lowest BCUT2D eigenvalue weighted by Crippen LogP contribution is -2.55. The molecule has 38 heavy (non-hydrogen) atoms. The van der Waals surface area contributed by atoms with E-state index in [4.69, 9.17) is 0 Å². The molecule has 7 N–H and O–H groups in total. The number of amides is 1. The quantitative estimate of drug-likeness (QED) is 0.165. The summed E-state index contributed by atoms with van der Waals surface area (Å²) in [6.07, 6.45) is 2.58. The first kappa shape index (κ1) is 26.6. The fourth-order valence-electron chi connectivity index (χ4n) is 4.98. The third-order valence-corrected chi connectivity index (χ3v) is 8.70. The number of H-pyrrole nitrogens is 1. The first-order chi connectivity index (χ1) is 18.4. The molecule has 1 aliphatic heterocycles. The number of hydrogen-bond acceptors (Lipinski definition) is 7. The van der Waals surface area contributed by atoms with Crippen molar-refractivity contribution in [2.75, 3.05) is 32.8 Å². The number of carbonyl (C=O) groups excluding carboxylic acids is 1. The number of carbonyl (C=O) groups is 1. The molecule has 1 fully saturated rings. The number of aromatic nitrogens is 1. The standard InChI is InChI=1S/C28H35N5O4S/c34-19-24(17-23-18-30-26-8-4-3-7-25(23)26)31-28(35)27(32-38(36,37)33-13-11-29-12-14-33)16-20-9-10-21-5-1-2-6-22(21)15-20/h1-10,15,18,24,27,29-30,32,34,36-37H,11-14,16-17,19H2,(H,31,35). The first-order valence-electron chi connectivity index (χ1n) is 12.9. The third-order valence-electron chi connectivity index (χ3n) is 7.01. The highest BCUT2D eigenvalue weighted by molar-refractivity contribution is 8.20. The van der Waals surface area contributed by atoms with Gasteiger partial charge in [0.05, 0.1) is 12.6 Å². The molecule has 202 valence electrons. The van der Waals surface area contributed by atoms with Crippen LogP contribution in [0.4, 0.5) is 0 Å². The Balaban J connectivity index is 1.36. The zero-order valence-electron chi connectivity index (χ0n) is 21.1. The van der Waals surface area contributed by atoms with E-state index in [1.165, 1.54) is 0 Å². The number of fused-ring (bicyclic) bond motifs is 2. The highest BCUT2D eigenvalue weighted by atomic mass is 32.3. The molecule has 1 amide bonds. The number of benzene rings is 3. The van der Waals surface area contributed by atoms with Crippen LogP contribution in [0.25, 0.3) is 21.7 Å². The Morgan fingerprint density at radius 1 is 0.974 bits per heavy atom. The van der Waals surface area contributed by atoms with Crippen molar-refractivity contribution in [2.24, 2.45) is 0 Å². The number of aromatic amines is 1. The molecule has 0 bridgehead atoms. The van der Waals surface area contributed by atoms with Gasteiger partial charge in [-0.25, -0.2) is 0 Å². The summed E-state index contributed by atoms with van der Waals surface area (Å²) in [5.41, 5.74) is 2.87. The minimum Gasteiger partial charge on any atom is -0.394 e. The SMILES string of the molecule is O=C(NC(CO)Cc1c[nH]c2ccccc12)C(Cc1ccc2ccccc2c1)NS(O)(O)N1CCNCC1. The normalized spacial score (nSPS) is 16.9. The van der Waals surface area contributed by atoms with Crippen molar-refractivity contribution >= 4 is 38.5 Å². The van der Waals surface area contributed by atoms with E-state index in [2.05, 4.69) is 20.3 Å². The van der Waals surface area contributed by atoms with Gasteiger partial charge in [-0.15, -0.1) is 0 Å². The van der Waals surface area contributed by atoms with Crippen LogP contribution >= 0.6 is 11.0 Å². The van der Waals surface area contributed by atoms with E-state index < -0.39 is 29.0 Å². The van der Waals surface area contributed by atoms with Crippen molar-refractivity contribution in [1.29, 1.82) is 0 Å². The van der Waals surface area contributed by atoms with Crippen LogP contribution in [0.1, 0.15) is 11.1 Å². The molecule has 4 aromatic rings. The van der Waals surface area contributed by atoms with E-state index in [1.54, 1.807) is 4.31 Å². The number of piperazine rings is 1. The van der Waals surface area contributed by atoms with Crippen LogP contribution in [0, 0.1) is 0 Å². The number of para-hydroxylation sites is 1. The van der Waals surface area contributed by atoms with Crippen molar-refractivity contribution in [3.8, 4) is 0 Å². The molecule has 10 heteroatoms. The molecule has 0 aliphatic carbocycles. The van der Waals surface area contributed by atoms with Gasteiger partial charge in [-0.05, 0) is 40.8 Å². The van der Waals surface area contributed by atoms with Gasteiger partial charge in [-0.2, -0.15) is 9.03 Å². The van der Waals surface area contributed by atoms with Crippen LogP contribution in [-0.2, 0) is 17.6 Å². The van der Waals surface area contributed by atoms with Gasteiger partial charge in [0.15, 0.2) is 0 Å². The number of nitrogens with zero attached hydrogens (tertiary/aromatic N) is 1. The minimum absolute atomic E-state index is 0.248. The van der Waals surface area contributed by atoms with Crippen LogP contribution in [-0.4, -0.2) is 74.3 Å². The Kier molecular flexibility index (Phi) is 8.29. The molecule has 1 aliphatic rings. The van der Waals surface area contributed by atoms with Gasteiger partial charge in [0, 0.05) is 43.3 Å². The Bertz CT molecular complexity index is 1390. The predicted molar refractivity (Wildman–Crippen MR) is 153 cm³/mol. The molecular formula is C28H35N5O4S. The lowest BCUT2D eigenvalue weighted by atomic mass is 10.0. The van der Waals surface area contributed by atoms with E-state index in [-0.39, 0.29) is 13.0 Å². The third kappa shape index (κ3) is 6.19. The average Bonchev–Trinajstić information content (AvgIpc) is 3.35. The van der Waals surface area contributed by atoms with Gasteiger partial charge in [0.25, 0.3) is 0 Å². The Hall–Kier alpha value is -2.96. The number of hydrogen-bond donors (Lipinski definition) is 7. The lowest BCUT2D eigenvalue weighted by molar-refractivity contribution is -0.123. The summed E-state index contributed by atoms with van der Waals surface area (Å²) in [6.45, 7) is 1.94. The van der Waals surface area contributed by atoms with Gasteiger partial charge in [0.1, 0.15) is 6.04 Å². The molecule has 3 aromatic carbocycles. The number of aliphatic hydroxyl groups excluding tert-OH is 1. The first-order valence-corrected chi connectivity index (χ1v) is 14.4. The molecule has 9 nitrogen and oxygen atoms in total. The molecule has 2 heterocycles. The zero-order chi connectivity index (χ0) is 26.5. The van der Waals surface area contributed by atoms with Crippen molar-refractivity contribution in [1.82, 2.24) is 24.6 Å². The zero-order valence-corrected chi connectivity index (χ0v) is 22.0. The maximum absolute atomic E-state index is 13.6. The van der Waals surface area contributed by atoms with Crippen LogP contribution in [0.2, 0.25) is 0 Å². The maximum Gasteiger partial charge on any atom is 0.239 e. The fraction of sp³-hybridized carbons (Fsp3) is 0.321. The average molecular weight is 538 g/mol. The number of nitrogens with one attached hydrogen (secondary N) is 4. The molecular weight excluding hydrogens is 502 g/mol. The van der Waals surface area contributed by atoms with Crippen LogP contribution in [0.15, 0.2) is 72.9 Å². The van der Waals surface area contributed by atoms with E-state index in [0.717, 1.165) is 32.8 Å². The van der Waals surface area contributed by atoms with Crippen molar-refractivity contribution in [3.05, 3.63) is 84.1 Å². The summed E-state index contributed by atoms with van der Waals surface area (Å²) in [6, 6.07) is 20.4. The van der Waals surface area contributed by atoms with Crippen molar-refractivity contribution in [2.45, 2.75) is 24.9 Å². The maximum atomic E-state index is 13.6. The lowest BCUT2D eigenvalue weighted by Gasteiger charge is -2.46. The second-order valence-corrected chi connectivity index (χ2v) is 11.5. The highest BCUT2D eigenvalue weighted by Gasteiger charge is 2.31. The molecule has 0 radical (unpaired) electrons. The smallest absolute Gasteiger partial charge is 0.239 e. The fourth-order valence-corrected chi connectivity index (χ4v) is 6.40. The van der Waals surface area contributed by atoms with Crippen LogP contribution in [0.3, 0.4) is 0 Å². The van der Waals surface area contributed by atoms with Gasteiger partial charge >= 0.3 is 0 Å². The van der Waals surface area contributed by atoms with Gasteiger partial charge < -0.3 is 20.7 Å². The summed E-state index contributed by atoms with van der Waals surface area (Å²) in [7, 11) is -3.40. The summed E-state index contributed by atoms with van der Waals surface area (Å²) in [5, 5.41) is 19.4. The highest BCUT2D eigenvalue weighted by Crippen LogP contribution is 2.39. The largest absolute Gasteiger partial charge is 0.394 e. The van der Waals surface area contributed by atoms with E-state index in [1.807, 2.05) is 72.9 Å². The predicted octanol–water partition coefficient (Wildman–Crippen LogP) is 3.03. The second-order valence-electron chi connectivity index (χ2n) is 9.71. The Morgan fingerprint density at radius 3 is 2.50 bits per heavy atom. The number of rotatable bonds is 10. The topological polar surface area (TPSA) is 133 Å². The van der Waals surface area contributed by atoms with Gasteiger partial charge in [-0.3, -0.25) is 13.9 Å². The molecule has 5 rings (SSSR count). The van der Waals surface area contributed by atoms with Crippen LogP contribution < -0.4 is 15.4 Å². The van der Waals surface area contributed by atoms with E-state index >= 15 is 0 Å². The molecule has 1 saturated heterocycles. The molecule has 1 aromatic heterocycles. The molecule has 2 unspecified atom stereocenters. The Labute approximate surface area is 223 Å². The Morgan fingerprint density at radius 2 is 1.71 bits per heavy atom. The summed E-state index contributed by atoms with van der Waals surface area (Å²) >= 11 is 0. The monoisotopic (exact) mass is 537 g/mol. The minimum atomic E-state index is -3.40. The van der Waals surface area contributed by atoms with Crippen molar-refractivity contribution < 1.29 is 19.0 Å². The molecule has 2 atom stereocenters. The van der Waals surface area contributed by atoms with Crippen LogP contribution in [0.5, 0.6) is 0 Å². The van der Waals surface area contributed by atoms with Crippen molar-refractivity contribution in [3.63, 3.8) is 0 Å². The summed E-state index contributed by atoms with van der Waals surface area (Å²) in [4.78, 5) is 16.8. The summed E-state index contributed by atoms with van der Waals surface area (Å²) < 4.78 is 26.5. The van der Waals surface area contributed by atoms with Gasteiger partial charge in [0.2, 0.25) is 5.91 Å². The molecule has 0 saturated carbocycles. The van der Waals surface area contributed by atoms with E-state index in [9.17, 15) is 19.0 Å². The van der Waals surface area contributed by atoms with E-state index in [0.29, 0.717) is 32.6 Å². The van der Waals surface area contributed by atoms with Gasteiger partial charge in [-0.1, -0.05) is 71.6 Å².